The third-order valence-electron chi connectivity index (χ3n) is 6.51. The monoisotopic (exact) mass is 565 g/mol. The Labute approximate surface area is 231 Å². The number of benzene rings is 3. The Balaban J connectivity index is 1.63. The number of para-hydroxylation sites is 1. The summed E-state index contributed by atoms with van der Waals surface area (Å²) in [6.07, 6.45) is 1.49. The van der Waals surface area contributed by atoms with Crippen LogP contribution in [-0.2, 0) is 4.74 Å². The van der Waals surface area contributed by atoms with E-state index in [1.54, 1.807) is 0 Å². The molecule has 4 aromatic rings. The predicted octanol–water partition coefficient (Wildman–Crippen LogP) is 5.22. The molecule has 1 aromatic heterocycles. The molecular formula is C29H23F4N5O3. The zero-order chi connectivity index (χ0) is 29.1. The van der Waals surface area contributed by atoms with Crippen LogP contribution in [0.4, 0.5) is 33.9 Å². The summed E-state index contributed by atoms with van der Waals surface area (Å²) in [5, 5.41) is 0.567. The molecule has 8 nitrogen and oxygen atoms in total. The van der Waals surface area contributed by atoms with Crippen molar-refractivity contribution >= 4 is 40.4 Å². The summed E-state index contributed by atoms with van der Waals surface area (Å²) in [5.41, 5.74) is 4.65. The molecule has 1 saturated heterocycles. The number of halogens is 4. The van der Waals surface area contributed by atoms with Crippen molar-refractivity contribution in [2.24, 2.45) is 10.7 Å². The number of rotatable bonds is 6. The van der Waals surface area contributed by atoms with Crippen molar-refractivity contribution in [2.75, 3.05) is 37.7 Å². The van der Waals surface area contributed by atoms with E-state index in [4.69, 9.17) is 10.5 Å². The number of nitrogens with zero attached hydrogens (tertiary/aromatic N) is 4. The molecule has 5 rings (SSSR count). The SMILES string of the molecule is NC(=O)N(c1cc2cc(C(=O)N=CCN3CCOCC3)ccc2c(-c2ccc(F)cc2F)n1)c1c(F)cccc1F. The molecule has 12 heteroatoms. The van der Waals surface area contributed by atoms with Crippen LogP contribution in [0.5, 0.6) is 0 Å². The molecule has 41 heavy (non-hydrogen) atoms. The van der Waals surface area contributed by atoms with Gasteiger partial charge in [-0.1, -0.05) is 12.1 Å². The molecule has 0 bridgehead atoms. The van der Waals surface area contributed by atoms with Crippen LogP contribution in [0.25, 0.3) is 22.0 Å². The average Bonchev–Trinajstić information content (AvgIpc) is 2.94. The standard InChI is InChI=1S/C29H23F4N5O3/c30-19-5-7-21(24(33)16-19)26-20-6-4-17(28(39)35-8-9-37-10-12-41-13-11-37)14-18(20)15-25(36-26)38(29(34)40)27-22(31)2-1-3-23(27)32/h1-8,14-16H,9-13H2,(H2,34,40). The van der Waals surface area contributed by atoms with Gasteiger partial charge in [-0.05, 0) is 47.9 Å². The molecular weight excluding hydrogens is 542 g/mol. The van der Waals surface area contributed by atoms with Crippen LogP contribution in [-0.4, -0.2) is 60.9 Å². The summed E-state index contributed by atoms with van der Waals surface area (Å²) in [7, 11) is 0. The van der Waals surface area contributed by atoms with Crippen molar-refractivity contribution in [2.45, 2.75) is 0 Å². The van der Waals surface area contributed by atoms with Crippen molar-refractivity contribution in [3.05, 3.63) is 89.5 Å². The van der Waals surface area contributed by atoms with E-state index in [0.29, 0.717) is 49.2 Å². The van der Waals surface area contributed by atoms with Crippen molar-refractivity contribution in [3.63, 3.8) is 0 Å². The Hall–Kier alpha value is -4.68. The number of pyridine rings is 1. The maximum atomic E-state index is 14.9. The highest BCUT2D eigenvalue weighted by Crippen LogP contribution is 2.36. The van der Waals surface area contributed by atoms with E-state index in [1.165, 1.54) is 30.5 Å². The molecule has 1 aliphatic rings. The molecule has 1 aliphatic heterocycles. The first-order chi connectivity index (χ1) is 19.7. The number of carbonyl (C=O) groups is 2. The van der Waals surface area contributed by atoms with E-state index in [9.17, 15) is 27.2 Å². The van der Waals surface area contributed by atoms with Gasteiger partial charge in [-0.2, -0.15) is 0 Å². The number of aliphatic imine (C=N–C) groups is 1. The minimum absolute atomic E-state index is 0.0761. The van der Waals surface area contributed by atoms with Gasteiger partial charge in [0.15, 0.2) is 0 Å². The highest BCUT2D eigenvalue weighted by atomic mass is 19.1. The van der Waals surface area contributed by atoms with Gasteiger partial charge in [0.1, 0.15) is 34.8 Å². The van der Waals surface area contributed by atoms with Crippen LogP contribution in [0.15, 0.2) is 65.7 Å². The van der Waals surface area contributed by atoms with Gasteiger partial charge in [-0.15, -0.1) is 0 Å². The third kappa shape index (κ3) is 5.93. The van der Waals surface area contributed by atoms with E-state index in [2.05, 4.69) is 14.9 Å². The number of primary amides is 1. The Morgan fingerprint density at radius 1 is 0.976 bits per heavy atom. The molecule has 2 N–H and O–H groups in total. The molecule has 2 heterocycles. The number of amides is 3. The first-order valence-electron chi connectivity index (χ1n) is 12.5. The summed E-state index contributed by atoms with van der Waals surface area (Å²) in [6, 6.07) is 10.2. The van der Waals surface area contributed by atoms with Gasteiger partial charge in [0, 0.05) is 48.4 Å². The molecule has 0 atom stereocenters. The van der Waals surface area contributed by atoms with Gasteiger partial charge in [-0.3, -0.25) is 9.69 Å². The number of morpholine rings is 1. The fourth-order valence-electron chi connectivity index (χ4n) is 4.52. The summed E-state index contributed by atoms with van der Waals surface area (Å²) in [4.78, 5) is 36.3. The number of hydrogen-bond acceptors (Lipinski definition) is 5. The number of hydrogen-bond donors (Lipinski definition) is 1. The number of anilines is 2. The molecule has 0 spiro atoms. The zero-order valence-corrected chi connectivity index (χ0v) is 21.5. The van der Waals surface area contributed by atoms with Gasteiger partial charge in [0.05, 0.1) is 18.9 Å². The van der Waals surface area contributed by atoms with Crippen LogP contribution in [0, 0.1) is 23.3 Å². The number of nitrogens with two attached hydrogens (primary N) is 1. The first-order valence-corrected chi connectivity index (χ1v) is 12.5. The van der Waals surface area contributed by atoms with E-state index in [-0.39, 0.29) is 28.0 Å². The third-order valence-corrected chi connectivity index (χ3v) is 6.51. The van der Waals surface area contributed by atoms with Crippen molar-refractivity contribution in [1.82, 2.24) is 9.88 Å². The quantitative estimate of drug-likeness (QED) is 0.255. The van der Waals surface area contributed by atoms with Crippen LogP contribution in [0.2, 0.25) is 0 Å². The second-order valence-electron chi connectivity index (χ2n) is 9.16. The van der Waals surface area contributed by atoms with Crippen LogP contribution in [0.3, 0.4) is 0 Å². The van der Waals surface area contributed by atoms with E-state index < -0.39 is 40.9 Å². The number of aromatic nitrogens is 1. The van der Waals surface area contributed by atoms with Crippen LogP contribution >= 0.6 is 0 Å². The lowest BCUT2D eigenvalue weighted by Crippen LogP contribution is -2.37. The molecule has 0 saturated carbocycles. The number of fused-ring (bicyclic) bond motifs is 1. The Bertz CT molecular complexity index is 1650. The van der Waals surface area contributed by atoms with Gasteiger partial charge < -0.3 is 10.5 Å². The fraction of sp³-hybridized carbons (Fsp3) is 0.172. The fourth-order valence-corrected chi connectivity index (χ4v) is 4.52. The molecule has 3 amide bonds. The molecule has 1 fully saturated rings. The summed E-state index contributed by atoms with van der Waals surface area (Å²) >= 11 is 0. The molecule has 210 valence electrons. The highest BCUT2D eigenvalue weighted by Gasteiger charge is 2.26. The lowest BCUT2D eigenvalue weighted by atomic mass is 10.0. The lowest BCUT2D eigenvalue weighted by Gasteiger charge is -2.24. The van der Waals surface area contributed by atoms with E-state index in [0.717, 1.165) is 30.3 Å². The van der Waals surface area contributed by atoms with Gasteiger partial charge >= 0.3 is 6.03 Å². The summed E-state index contributed by atoms with van der Waals surface area (Å²) in [6.45, 7) is 3.08. The molecule has 0 aliphatic carbocycles. The number of ether oxygens (including phenoxy) is 1. The normalized spacial score (nSPS) is 14.0. The second-order valence-corrected chi connectivity index (χ2v) is 9.16. The average molecular weight is 566 g/mol. The van der Waals surface area contributed by atoms with E-state index >= 15 is 0 Å². The summed E-state index contributed by atoms with van der Waals surface area (Å²) in [5.74, 6) is -4.92. The van der Waals surface area contributed by atoms with Crippen molar-refractivity contribution in [3.8, 4) is 11.3 Å². The van der Waals surface area contributed by atoms with Crippen LogP contribution in [0.1, 0.15) is 10.4 Å². The minimum Gasteiger partial charge on any atom is -0.379 e. The van der Waals surface area contributed by atoms with Gasteiger partial charge in [0.2, 0.25) is 0 Å². The largest absolute Gasteiger partial charge is 0.379 e. The smallest absolute Gasteiger partial charge is 0.325 e. The second kappa shape index (κ2) is 11.8. The highest BCUT2D eigenvalue weighted by molar-refractivity contribution is 6.06. The lowest BCUT2D eigenvalue weighted by molar-refractivity contribution is 0.0457. The van der Waals surface area contributed by atoms with Crippen molar-refractivity contribution in [1.29, 1.82) is 0 Å². The Morgan fingerprint density at radius 2 is 1.71 bits per heavy atom. The molecule has 0 radical (unpaired) electrons. The maximum absolute atomic E-state index is 14.9. The summed E-state index contributed by atoms with van der Waals surface area (Å²) < 4.78 is 63.4. The predicted molar refractivity (Wildman–Crippen MR) is 145 cm³/mol. The number of urea groups is 1. The van der Waals surface area contributed by atoms with Gasteiger partial charge in [0.25, 0.3) is 5.91 Å². The van der Waals surface area contributed by atoms with Crippen molar-refractivity contribution < 1.29 is 31.9 Å². The van der Waals surface area contributed by atoms with Gasteiger partial charge in [-0.25, -0.2) is 37.2 Å². The first kappa shape index (κ1) is 27.9. The molecule has 3 aromatic carbocycles. The Morgan fingerprint density at radius 3 is 2.39 bits per heavy atom. The topological polar surface area (TPSA) is 101 Å². The maximum Gasteiger partial charge on any atom is 0.325 e. The van der Waals surface area contributed by atoms with Crippen LogP contribution < -0.4 is 10.6 Å². The van der Waals surface area contributed by atoms with E-state index in [1.807, 2.05) is 0 Å². The Kier molecular flexibility index (Phi) is 8.04. The molecule has 0 unspecified atom stereocenters. The minimum atomic E-state index is -1.27. The zero-order valence-electron chi connectivity index (χ0n) is 21.5. The number of carbonyl (C=O) groups excluding carboxylic acids is 2.